The van der Waals surface area contributed by atoms with Crippen molar-refractivity contribution in [3.05, 3.63) is 34.9 Å². The molecule has 3 nitrogen and oxygen atoms in total. The zero-order valence-corrected chi connectivity index (χ0v) is 10.7. The van der Waals surface area contributed by atoms with Gasteiger partial charge >= 0.3 is 0 Å². The molecule has 3 heteroatoms. The smallest absolute Gasteiger partial charge is 0.0628 e. The number of rotatable bonds is 3. The van der Waals surface area contributed by atoms with Crippen LogP contribution in [0.4, 0.5) is 0 Å². The Hall–Kier alpha value is -0.900. The van der Waals surface area contributed by atoms with E-state index in [1.807, 2.05) is 0 Å². The Balaban J connectivity index is 2.21. The molecule has 0 spiro atoms. The molecule has 1 fully saturated rings. The number of nitrogens with zero attached hydrogens (tertiary/aromatic N) is 1. The van der Waals surface area contributed by atoms with Gasteiger partial charge in [0.05, 0.1) is 12.6 Å². The number of aliphatic hydroxyl groups is 1. The van der Waals surface area contributed by atoms with Crippen molar-refractivity contribution in [2.45, 2.75) is 19.9 Å². The first kappa shape index (κ1) is 12.6. The molecule has 1 aromatic rings. The van der Waals surface area contributed by atoms with E-state index in [-0.39, 0.29) is 12.6 Å². The third-order valence-electron chi connectivity index (χ3n) is 3.55. The fraction of sp³-hybridized carbons (Fsp3) is 0.571. The van der Waals surface area contributed by atoms with E-state index in [0.717, 1.165) is 26.2 Å². The standard InChI is InChI=1S/C14H22N2O/c1-11-3-4-13(12(2)9-11)14(10-17)16-7-5-15-6-8-16/h3-4,9,14-15,17H,5-8,10H2,1-2H3. The lowest BCUT2D eigenvalue weighted by Gasteiger charge is -2.34. The maximum absolute atomic E-state index is 9.66. The van der Waals surface area contributed by atoms with E-state index in [0.29, 0.717) is 0 Å². The fourth-order valence-corrected chi connectivity index (χ4v) is 2.60. The van der Waals surface area contributed by atoms with Gasteiger partial charge in [0.25, 0.3) is 0 Å². The number of aliphatic hydroxyl groups excluding tert-OH is 1. The Morgan fingerprint density at radius 3 is 2.59 bits per heavy atom. The van der Waals surface area contributed by atoms with Gasteiger partial charge in [0.1, 0.15) is 0 Å². The highest BCUT2D eigenvalue weighted by Gasteiger charge is 2.22. The first-order chi connectivity index (χ1) is 8.22. The average molecular weight is 234 g/mol. The maximum Gasteiger partial charge on any atom is 0.0628 e. The Kier molecular flexibility index (Phi) is 4.15. The molecule has 0 bridgehead atoms. The van der Waals surface area contributed by atoms with Crippen molar-refractivity contribution >= 4 is 0 Å². The van der Waals surface area contributed by atoms with Crippen LogP contribution in [0, 0.1) is 13.8 Å². The van der Waals surface area contributed by atoms with Crippen LogP contribution in [0.5, 0.6) is 0 Å². The van der Waals surface area contributed by atoms with Gasteiger partial charge in [-0.15, -0.1) is 0 Å². The Labute approximate surface area is 103 Å². The number of nitrogens with one attached hydrogen (secondary N) is 1. The summed E-state index contributed by atoms with van der Waals surface area (Å²) in [6.45, 7) is 8.49. The number of aryl methyl sites for hydroxylation is 2. The van der Waals surface area contributed by atoms with E-state index in [1.165, 1.54) is 16.7 Å². The van der Waals surface area contributed by atoms with Crippen molar-refractivity contribution in [3.63, 3.8) is 0 Å². The summed E-state index contributed by atoms with van der Waals surface area (Å²) < 4.78 is 0. The second-order valence-electron chi connectivity index (χ2n) is 4.84. The molecule has 0 saturated carbocycles. The minimum atomic E-state index is 0.151. The van der Waals surface area contributed by atoms with Gasteiger partial charge in [0.15, 0.2) is 0 Å². The topological polar surface area (TPSA) is 35.5 Å². The Morgan fingerprint density at radius 1 is 1.29 bits per heavy atom. The van der Waals surface area contributed by atoms with Crippen LogP contribution < -0.4 is 5.32 Å². The molecule has 1 aliphatic rings. The fourth-order valence-electron chi connectivity index (χ4n) is 2.60. The van der Waals surface area contributed by atoms with Crippen molar-refractivity contribution in [1.29, 1.82) is 0 Å². The Morgan fingerprint density at radius 2 is 2.00 bits per heavy atom. The van der Waals surface area contributed by atoms with Crippen LogP contribution >= 0.6 is 0 Å². The highest BCUT2D eigenvalue weighted by molar-refractivity contribution is 5.33. The third-order valence-corrected chi connectivity index (χ3v) is 3.55. The maximum atomic E-state index is 9.66. The van der Waals surface area contributed by atoms with Crippen LogP contribution in [-0.4, -0.2) is 42.8 Å². The number of hydrogen-bond acceptors (Lipinski definition) is 3. The van der Waals surface area contributed by atoms with E-state index >= 15 is 0 Å². The lowest BCUT2D eigenvalue weighted by atomic mass is 9.98. The molecule has 94 valence electrons. The van der Waals surface area contributed by atoms with Gasteiger partial charge in [-0.3, -0.25) is 4.90 Å². The molecule has 1 atom stereocenters. The van der Waals surface area contributed by atoms with Crippen molar-refractivity contribution in [2.75, 3.05) is 32.8 Å². The molecule has 0 radical (unpaired) electrons. The van der Waals surface area contributed by atoms with Crippen LogP contribution in [0.3, 0.4) is 0 Å². The van der Waals surface area contributed by atoms with Crippen LogP contribution in [-0.2, 0) is 0 Å². The molecular formula is C14H22N2O. The van der Waals surface area contributed by atoms with Gasteiger partial charge in [-0.2, -0.15) is 0 Å². The van der Waals surface area contributed by atoms with Gasteiger partial charge in [-0.1, -0.05) is 23.8 Å². The lowest BCUT2D eigenvalue weighted by Crippen LogP contribution is -2.46. The number of benzene rings is 1. The van der Waals surface area contributed by atoms with Crippen LogP contribution in [0.15, 0.2) is 18.2 Å². The molecular weight excluding hydrogens is 212 g/mol. The lowest BCUT2D eigenvalue weighted by molar-refractivity contribution is 0.110. The van der Waals surface area contributed by atoms with E-state index in [1.54, 1.807) is 0 Å². The third kappa shape index (κ3) is 2.86. The number of piperazine rings is 1. The normalized spacial score (nSPS) is 19.2. The molecule has 0 aliphatic carbocycles. The molecule has 2 N–H and O–H groups in total. The van der Waals surface area contributed by atoms with Crippen molar-refractivity contribution in [1.82, 2.24) is 10.2 Å². The van der Waals surface area contributed by atoms with Gasteiger partial charge in [-0.25, -0.2) is 0 Å². The summed E-state index contributed by atoms with van der Waals surface area (Å²) in [4.78, 5) is 2.37. The van der Waals surface area contributed by atoms with Gasteiger partial charge in [-0.05, 0) is 25.0 Å². The summed E-state index contributed by atoms with van der Waals surface area (Å²) in [7, 11) is 0. The van der Waals surface area contributed by atoms with E-state index in [9.17, 15) is 5.11 Å². The monoisotopic (exact) mass is 234 g/mol. The predicted molar refractivity (Wildman–Crippen MR) is 70.2 cm³/mol. The van der Waals surface area contributed by atoms with Crippen molar-refractivity contribution < 1.29 is 5.11 Å². The molecule has 1 heterocycles. The van der Waals surface area contributed by atoms with E-state index in [2.05, 4.69) is 42.3 Å². The number of hydrogen-bond donors (Lipinski definition) is 2. The molecule has 0 aromatic heterocycles. The molecule has 0 amide bonds. The molecule has 1 saturated heterocycles. The van der Waals surface area contributed by atoms with Gasteiger partial charge in [0, 0.05) is 26.2 Å². The van der Waals surface area contributed by atoms with Crippen LogP contribution in [0.1, 0.15) is 22.7 Å². The zero-order chi connectivity index (χ0) is 12.3. The van der Waals surface area contributed by atoms with Crippen molar-refractivity contribution in [3.8, 4) is 0 Å². The summed E-state index contributed by atoms with van der Waals surface area (Å²) in [6.07, 6.45) is 0. The highest BCUT2D eigenvalue weighted by atomic mass is 16.3. The second kappa shape index (κ2) is 5.63. The molecule has 1 unspecified atom stereocenters. The first-order valence-corrected chi connectivity index (χ1v) is 6.35. The van der Waals surface area contributed by atoms with Gasteiger partial charge in [0.2, 0.25) is 0 Å². The summed E-state index contributed by atoms with van der Waals surface area (Å²) in [5.74, 6) is 0. The first-order valence-electron chi connectivity index (χ1n) is 6.35. The minimum Gasteiger partial charge on any atom is -0.394 e. The predicted octanol–water partition coefficient (Wildman–Crippen LogP) is 1.24. The SMILES string of the molecule is Cc1ccc(C(CO)N2CCNCC2)c(C)c1. The van der Waals surface area contributed by atoms with E-state index < -0.39 is 0 Å². The summed E-state index contributed by atoms with van der Waals surface area (Å²) in [6, 6.07) is 6.64. The van der Waals surface area contributed by atoms with Gasteiger partial charge < -0.3 is 10.4 Å². The average Bonchev–Trinajstić information content (AvgIpc) is 2.34. The zero-order valence-electron chi connectivity index (χ0n) is 10.7. The summed E-state index contributed by atoms with van der Waals surface area (Å²) >= 11 is 0. The minimum absolute atomic E-state index is 0.151. The Bertz CT molecular complexity index is 372. The molecule has 17 heavy (non-hydrogen) atoms. The summed E-state index contributed by atoms with van der Waals surface area (Å²) in [5.41, 5.74) is 3.82. The second-order valence-corrected chi connectivity index (χ2v) is 4.84. The summed E-state index contributed by atoms with van der Waals surface area (Å²) in [5, 5.41) is 13.0. The largest absolute Gasteiger partial charge is 0.394 e. The molecule has 1 aliphatic heterocycles. The van der Waals surface area contributed by atoms with Crippen LogP contribution in [0.25, 0.3) is 0 Å². The quantitative estimate of drug-likeness (QED) is 0.826. The molecule has 2 rings (SSSR count). The highest BCUT2D eigenvalue weighted by Crippen LogP contribution is 2.24. The van der Waals surface area contributed by atoms with E-state index in [4.69, 9.17) is 0 Å². The van der Waals surface area contributed by atoms with Crippen LogP contribution in [0.2, 0.25) is 0 Å². The molecule has 1 aromatic carbocycles. The van der Waals surface area contributed by atoms with Crippen molar-refractivity contribution in [2.24, 2.45) is 0 Å².